The maximum atomic E-state index is 6.10. The van der Waals surface area contributed by atoms with E-state index < -0.39 is 0 Å². The molecular formula is C17H28N2O. The average molecular weight is 276 g/mol. The normalized spacial score (nSPS) is 19.0. The van der Waals surface area contributed by atoms with Crippen LogP contribution in [0, 0.1) is 12.8 Å². The van der Waals surface area contributed by atoms with Gasteiger partial charge in [-0.25, -0.2) is 0 Å². The topological polar surface area (TPSA) is 38.5 Å². The van der Waals surface area contributed by atoms with Crippen molar-refractivity contribution in [3.8, 4) is 5.75 Å². The third kappa shape index (κ3) is 3.33. The van der Waals surface area contributed by atoms with Crippen LogP contribution >= 0.6 is 0 Å². The molecule has 1 atom stereocenters. The highest BCUT2D eigenvalue weighted by Crippen LogP contribution is 2.34. The number of piperidine rings is 1. The third-order valence-corrected chi connectivity index (χ3v) is 4.78. The summed E-state index contributed by atoms with van der Waals surface area (Å²) in [7, 11) is 1.72. The Hall–Kier alpha value is -1.06. The van der Waals surface area contributed by atoms with E-state index in [1.807, 2.05) is 0 Å². The highest BCUT2D eigenvalue weighted by atomic mass is 16.5. The highest BCUT2D eigenvalue weighted by Gasteiger charge is 2.27. The first-order valence-corrected chi connectivity index (χ1v) is 7.76. The largest absolute Gasteiger partial charge is 0.497 e. The first-order chi connectivity index (χ1) is 9.69. The van der Waals surface area contributed by atoms with E-state index in [0.717, 1.165) is 18.2 Å². The molecule has 112 valence electrons. The molecule has 0 bridgehead atoms. The summed E-state index contributed by atoms with van der Waals surface area (Å²) in [4.78, 5) is 2.53. The molecule has 0 saturated carbocycles. The molecule has 0 aliphatic carbocycles. The van der Waals surface area contributed by atoms with Gasteiger partial charge in [-0.1, -0.05) is 13.0 Å². The van der Waals surface area contributed by atoms with E-state index in [9.17, 15) is 0 Å². The molecule has 1 aromatic carbocycles. The average Bonchev–Trinajstić information content (AvgIpc) is 2.50. The van der Waals surface area contributed by atoms with Crippen LogP contribution in [0.15, 0.2) is 18.2 Å². The van der Waals surface area contributed by atoms with Gasteiger partial charge in [0, 0.05) is 0 Å². The van der Waals surface area contributed by atoms with Gasteiger partial charge in [-0.3, -0.25) is 0 Å². The molecule has 1 saturated heterocycles. The molecule has 1 aliphatic rings. The second kappa shape index (κ2) is 7.09. The standard InChI is InChI=1S/C17H28N2O/c1-4-19-9-7-14(8-10-19)17(12-18)16-6-5-15(20-3)11-13(16)2/h5-6,11,14,17H,4,7-10,12,18H2,1-3H3. The summed E-state index contributed by atoms with van der Waals surface area (Å²) in [6, 6.07) is 6.39. The number of ether oxygens (including phenoxy) is 1. The Labute approximate surface area is 123 Å². The number of methoxy groups -OCH3 is 1. The number of rotatable bonds is 5. The fourth-order valence-corrected chi connectivity index (χ4v) is 3.44. The van der Waals surface area contributed by atoms with Crippen LogP contribution in [0.3, 0.4) is 0 Å². The SMILES string of the molecule is CCN1CCC(C(CN)c2ccc(OC)cc2C)CC1. The summed E-state index contributed by atoms with van der Waals surface area (Å²) >= 11 is 0. The molecule has 0 amide bonds. The Morgan fingerprint density at radius 2 is 2.05 bits per heavy atom. The van der Waals surface area contributed by atoms with Crippen molar-refractivity contribution >= 4 is 0 Å². The molecule has 0 spiro atoms. The fourth-order valence-electron chi connectivity index (χ4n) is 3.44. The van der Waals surface area contributed by atoms with Crippen molar-refractivity contribution in [2.45, 2.75) is 32.6 Å². The van der Waals surface area contributed by atoms with Crippen molar-refractivity contribution < 1.29 is 4.74 Å². The summed E-state index contributed by atoms with van der Waals surface area (Å²) in [5.41, 5.74) is 8.81. The zero-order valence-corrected chi connectivity index (χ0v) is 13.1. The lowest BCUT2D eigenvalue weighted by Gasteiger charge is -2.36. The number of nitrogens with zero attached hydrogens (tertiary/aromatic N) is 1. The predicted molar refractivity (Wildman–Crippen MR) is 84.4 cm³/mol. The van der Waals surface area contributed by atoms with E-state index in [2.05, 4.69) is 36.9 Å². The molecule has 0 radical (unpaired) electrons. The molecule has 1 heterocycles. The van der Waals surface area contributed by atoms with Crippen LogP contribution in [0.2, 0.25) is 0 Å². The lowest BCUT2D eigenvalue weighted by atomic mass is 9.78. The van der Waals surface area contributed by atoms with Crippen LogP contribution in [0.25, 0.3) is 0 Å². The van der Waals surface area contributed by atoms with E-state index in [1.165, 1.54) is 43.6 Å². The van der Waals surface area contributed by atoms with Crippen molar-refractivity contribution in [1.82, 2.24) is 4.90 Å². The monoisotopic (exact) mass is 276 g/mol. The maximum Gasteiger partial charge on any atom is 0.119 e. The number of hydrogen-bond acceptors (Lipinski definition) is 3. The van der Waals surface area contributed by atoms with Gasteiger partial charge in [0.25, 0.3) is 0 Å². The second-order valence-corrected chi connectivity index (χ2v) is 5.84. The first kappa shape index (κ1) is 15.3. The molecule has 20 heavy (non-hydrogen) atoms. The molecule has 0 aromatic heterocycles. The van der Waals surface area contributed by atoms with E-state index in [1.54, 1.807) is 7.11 Å². The van der Waals surface area contributed by atoms with Gasteiger partial charge in [-0.05, 0) is 81.0 Å². The van der Waals surface area contributed by atoms with Crippen LogP contribution in [0.5, 0.6) is 5.75 Å². The van der Waals surface area contributed by atoms with Crippen molar-refractivity contribution in [2.24, 2.45) is 11.7 Å². The summed E-state index contributed by atoms with van der Waals surface area (Å²) in [5, 5.41) is 0. The van der Waals surface area contributed by atoms with Crippen molar-refractivity contribution in [1.29, 1.82) is 0 Å². The Balaban J connectivity index is 2.12. The summed E-state index contributed by atoms with van der Waals surface area (Å²) < 4.78 is 5.30. The van der Waals surface area contributed by atoms with E-state index in [-0.39, 0.29) is 0 Å². The van der Waals surface area contributed by atoms with Gasteiger partial charge in [-0.15, -0.1) is 0 Å². The zero-order chi connectivity index (χ0) is 14.5. The van der Waals surface area contributed by atoms with Gasteiger partial charge < -0.3 is 15.4 Å². The molecule has 3 heteroatoms. The van der Waals surface area contributed by atoms with Gasteiger partial charge in [0.1, 0.15) is 5.75 Å². The number of likely N-dealkylation sites (tertiary alicyclic amines) is 1. The molecule has 2 rings (SSSR count). The molecule has 1 fully saturated rings. The van der Waals surface area contributed by atoms with Crippen LogP contribution < -0.4 is 10.5 Å². The Kier molecular flexibility index (Phi) is 5.44. The summed E-state index contributed by atoms with van der Waals surface area (Å²) in [6.07, 6.45) is 2.53. The number of benzene rings is 1. The molecule has 2 N–H and O–H groups in total. The van der Waals surface area contributed by atoms with Crippen molar-refractivity contribution in [3.05, 3.63) is 29.3 Å². The minimum Gasteiger partial charge on any atom is -0.497 e. The number of nitrogens with two attached hydrogens (primary N) is 1. The van der Waals surface area contributed by atoms with Gasteiger partial charge in [-0.2, -0.15) is 0 Å². The van der Waals surface area contributed by atoms with Crippen molar-refractivity contribution in [3.63, 3.8) is 0 Å². The molecular weight excluding hydrogens is 248 g/mol. The highest BCUT2D eigenvalue weighted by molar-refractivity contribution is 5.37. The molecule has 1 aromatic rings. The lowest BCUT2D eigenvalue weighted by Crippen LogP contribution is -2.37. The minimum atomic E-state index is 0.486. The van der Waals surface area contributed by atoms with Gasteiger partial charge >= 0.3 is 0 Å². The summed E-state index contributed by atoms with van der Waals surface area (Å²) in [5.74, 6) is 2.14. The lowest BCUT2D eigenvalue weighted by molar-refractivity contribution is 0.176. The Morgan fingerprint density at radius 1 is 1.35 bits per heavy atom. The number of aryl methyl sites for hydroxylation is 1. The van der Waals surface area contributed by atoms with Gasteiger partial charge in [0.2, 0.25) is 0 Å². The van der Waals surface area contributed by atoms with Crippen LogP contribution in [0.4, 0.5) is 0 Å². The quantitative estimate of drug-likeness (QED) is 0.898. The Morgan fingerprint density at radius 3 is 2.55 bits per heavy atom. The second-order valence-electron chi connectivity index (χ2n) is 5.84. The predicted octanol–water partition coefficient (Wildman–Crippen LogP) is 2.78. The maximum absolute atomic E-state index is 6.10. The minimum absolute atomic E-state index is 0.486. The molecule has 1 aliphatic heterocycles. The smallest absolute Gasteiger partial charge is 0.119 e. The van der Waals surface area contributed by atoms with E-state index in [0.29, 0.717) is 5.92 Å². The third-order valence-electron chi connectivity index (χ3n) is 4.78. The van der Waals surface area contributed by atoms with Gasteiger partial charge in [0.15, 0.2) is 0 Å². The number of hydrogen-bond donors (Lipinski definition) is 1. The van der Waals surface area contributed by atoms with Crippen LogP contribution in [-0.4, -0.2) is 38.2 Å². The summed E-state index contributed by atoms with van der Waals surface area (Å²) in [6.45, 7) is 8.75. The van der Waals surface area contributed by atoms with Crippen molar-refractivity contribution in [2.75, 3.05) is 33.3 Å². The molecule has 3 nitrogen and oxygen atoms in total. The van der Waals surface area contributed by atoms with Crippen LogP contribution in [-0.2, 0) is 0 Å². The zero-order valence-electron chi connectivity index (χ0n) is 13.1. The van der Waals surface area contributed by atoms with E-state index in [4.69, 9.17) is 10.5 Å². The Bertz CT molecular complexity index is 425. The van der Waals surface area contributed by atoms with Crippen LogP contribution in [0.1, 0.15) is 36.8 Å². The fraction of sp³-hybridized carbons (Fsp3) is 0.647. The molecule has 1 unspecified atom stereocenters. The van der Waals surface area contributed by atoms with Gasteiger partial charge in [0.05, 0.1) is 7.11 Å². The first-order valence-electron chi connectivity index (χ1n) is 7.76. The van der Waals surface area contributed by atoms with E-state index >= 15 is 0 Å².